The summed E-state index contributed by atoms with van der Waals surface area (Å²) >= 11 is 0. The summed E-state index contributed by atoms with van der Waals surface area (Å²) < 4.78 is 0. The Morgan fingerprint density at radius 3 is 2.47 bits per heavy atom. The molecule has 1 heterocycles. The lowest BCUT2D eigenvalue weighted by Gasteiger charge is -2.52. The van der Waals surface area contributed by atoms with E-state index in [1.165, 1.54) is 39.0 Å². The highest BCUT2D eigenvalue weighted by atomic mass is 15.3. The summed E-state index contributed by atoms with van der Waals surface area (Å²) in [6.07, 6.45) is 2.83. The molecule has 3 heteroatoms. The second kappa shape index (κ2) is 6.11. The second-order valence-electron chi connectivity index (χ2n) is 7.66. The van der Waals surface area contributed by atoms with Gasteiger partial charge in [-0.15, -0.1) is 0 Å². The Morgan fingerprint density at radius 2 is 1.95 bits per heavy atom. The number of hydrogen-bond acceptors (Lipinski definition) is 3. The molecule has 0 spiro atoms. The molecule has 2 fully saturated rings. The summed E-state index contributed by atoms with van der Waals surface area (Å²) in [5.41, 5.74) is 0.337. The third-order valence-electron chi connectivity index (χ3n) is 5.15. The maximum Gasteiger partial charge on any atom is 0.0277 e. The molecule has 0 bridgehead atoms. The van der Waals surface area contributed by atoms with Crippen molar-refractivity contribution in [2.75, 3.05) is 39.8 Å². The first-order chi connectivity index (χ1) is 8.90. The lowest BCUT2D eigenvalue weighted by Crippen LogP contribution is -2.63. The Balaban J connectivity index is 1.79. The summed E-state index contributed by atoms with van der Waals surface area (Å²) in [6.45, 7) is 15.4. The second-order valence-corrected chi connectivity index (χ2v) is 7.66. The minimum Gasteiger partial charge on any atom is -0.316 e. The standard InChI is InChI=1S/C16H33N3/c1-13(2)10-17-11-14-6-7-15(14)19-9-8-18(5)16(3,4)12-19/h13-15,17H,6-12H2,1-5H3. The van der Waals surface area contributed by atoms with E-state index in [-0.39, 0.29) is 0 Å². The molecule has 0 radical (unpaired) electrons. The van der Waals surface area contributed by atoms with Crippen LogP contribution < -0.4 is 5.32 Å². The van der Waals surface area contributed by atoms with Gasteiger partial charge in [-0.2, -0.15) is 0 Å². The smallest absolute Gasteiger partial charge is 0.0277 e. The van der Waals surface area contributed by atoms with Gasteiger partial charge in [-0.05, 0) is 58.7 Å². The molecule has 3 nitrogen and oxygen atoms in total. The van der Waals surface area contributed by atoms with Gasteiger partial charge in [-0.3, -0.25) is 9.80 Å². The van der Waals surface area contributed by atoms with E-state index in [1.54, 1.807) is 0 Å². The highest BCUT2D eigenvalue weighted by Crippen LogP contribution is 2.34. The molecule has 2 atom stereocenters. The van der Waals surface area contributed by atoms with Gasteiger partial charge in [-0.25, -0.2) is 0 Å². The zero-order valence-corrected chi connectivity index (χ0v) is 13.6. The lowest BCUT2D eigenvalue weighted by molar-refractivity contribution is -0.0274. The Kier molecular flexibility index (Phi) is 4.91. The van der Waals surface area contributed by atoms with Gasteiger partial charge in [0.15, 0.2) is 0 Å². The molecule has 1 aliphatic carbocycles. The summed E-state index contributed by atoms with van der Waals surface area (Å²) in [5, 5.41) is 3.65. The molecule has 0 aromatic carbocycles. The lowest BCUT2D eigenvalue weighted by atomic mass is 9.77. The third-order valence-corrected chi connectivity index (χ3v) is 5.15. The van der Waals surface area contributed by atoms with Gasteiger partial charge >= 0.3 is 0 Å². The zero-order chi connectivity index (χ0) is 14.0. The summed E-state index contributed by atoms with van der Waals surface area (Å²) in [6, 6.07) is 0.840. The van der Waals surface area contributed by atoms with E-state index in [2.05, 4.69) is 49.9 Å². The largest absolute Gasteiger partial charge is 0.316 e. The predicted octanol–water partition coefficient (Wildman–Crippen LogP) is 2.04. The minimum atomic E-state index is 0.337. The SMILES string of the molecule is CC(C)CNCC1CCC1N1CCN(C)C(C)(C)C1. The van der Waals surface area contributed by atoms with Gasteiger partial charge < -0.3 is 5.32 Å². The quantitative estimate of drug-likeness (QED) is 0.822. The predicted molar refractivity (Wildman–Crippen MR) is 82.5 cm³/mol. The molecule has 1 aliphatic heterocycles. The molecule has 1 N–H and O–H groups in total. The van der Waals surface area contributed by atoms with Crippen molar-refractivity contribution >= 4 is 0 Å². The topological polar surface area (TPSA) is 18.5 Å². The molecule has 2 unspecified atom stereocenters. The van der Waals surface area contributed by atoms with Gasteiger partial charge in [0.2, 0.25) is 0 Å². The van der Waals surface area contributed by atoms with Crippen LogP contribution in [0.3, 0.4) is 0 Å². The van der Waals surface area contributed by atoms with E-state index >= 15 is 0 Å². The summed E-state index contributed by atoms with van der Waals surface area (Å²) in [5.74, 6) is 1.65. The molecule has 2 aliphatic rings. The number of hydrogen-bond donors (Lipinski definition) is 1. The van der Waals surface area contributed by atoms with Crippen LogP contribution in [-0.2, 0) is 0 Å². The first-order valence-electron chi connectivity index (χ1n) is 8.06. The number of piperazine rings is 1. The zero-order valence-electron chi connectivity index (χ0n) is 13.6. The van der Waals surface area contributed by atoms with Crippen molar-refractivity contribution in [1.82, 2.24) is 15.1 Å². The Morgan fingerprint density at radius 1 is 1.21 bits per heavy atom. The molecule has 1 saturated heterocycles. The highest BCUT2D eigenvalue weighted by molar-refractivity contribution is 4.96. The first-order valence-corrected chi connectivity index (χ1v) is 8.06. The van der Waals surface area contributed by atoms with Crippen molar-refractivity contribution in [1.29, 1.82) is 0 Å². The molecule has 0 amide bonds. The molecule has 0 aromatic rings. The van der Waals surface area contributed by atoms with Gasteiger partial charge in [0.25, 0.3) is 0 Å². The van der Waals surface area contributed by atoms with Gasteiger partial charge in [0, 0.05) is 31.2 Å². The van der Waals surface area contributed by atoms with Crippen molar-refractivity contribution in [3.63, 3.8) is 0 Å². The van der Waals surface area contributed by atoms with Crippen LogP contribution in [0.4, 0.5) is 0 Å². The van der Waals surface area contributed by atoms with Crippen LogP contribution in [0.5, 0.6) is 0 Å². The number of likely N-dealkylation sites (N-methyl/N-ethyl adjacent to an activating group) is 1. The van der Waals surface area contributed by atoms with E-state index in [4.69, 9.17) is 0 Å². The molecule has 2 rings (SSSR count). The maximum atomic E-state index is 3.65. The van der Waals surface area contributed by atoms with Crippen molar-refractivity contribution < 1.29 is 0 Å². The normalized spacial score (nSPS) is 32.5. The highest BCUT2D eigenvalue weighted by Gasteiger charge is 2.40. The van der Waals surface area contributed by atoms with Crippen LogP contribution in [0.15, 0.2) is 0 Å². The fraction of sp³-hybridized carbons (Fsp3) is 1.00. The Labute approximate surface area is 119 Å². The van der Waals surface area contributed by atoms with Crippen LogP contribution in [0, 0.1) is 11.8 Å². The van der Waals surface area contributed by atoms with Gasteiger partial charge in [0.05, 0.1) is 0 Å². The van der Waals surface area contributed by atoms with Crippen molar-refractivity contribution in [2.24, 2.45) is 11.8 Å². The fourth-order valence-corrected chi connectivity index (χ4v) is 3.39. The molecule has 19 heavy (non-hydrogen) atoms. The summed E-state index contributed by atoms with van der Waals surface area (Å²) in [4.78, 5) is 5.26. The maximum absolute atomic E-state index is 3.65. The van der Waals surface area contributed by atoms with E-state index < -0.39 is 0 Å². The number of nitrogens with one attached hydrogen (secondary N) is 1. The fourth-order valence-electron chi connectivity index (χ4n) is 3.39. The van der Waals surface area contributed by atoms with Crippen molar-refractivity contribution in [2.45, 2.75) is 52.1 Å². The van der Waals surface area contributed by atoms with Crippen molar-refractivity contribution in [3.8, 4) is 0 Å². The first kappa shape index (κ1) is 15.3. The van der Waals surface area contributed by atoms with E-state index in [0.717, 1.165) is 24.4 Å². The average Bonchev–Trinajstić information content (AvgIpc) is 2.27. The van der Waals surface area contributed by atoms with Gasteiger partial charge in [-0.1, -0.05) is 13.8 Å². The number of rotatable bonds is 5. The molecule has 112 valence electrons. The van der Waals surface area contributed by atoms with Crippen molar-refractivity contribution in [3.05, 3.63) is 0 Å². The van der Waals surface area contributed by atoms with E-state index in [0.29, 0.717) is 5.54 Å². The monoisotopic (exact) mass is 267 g/mol. The summed E-state index contributed by atoms with van der Waals surface area (Å²) in [7, 11) is 2.26. The minimum absolute atomic E-state index is 0.337. The van der Waals surface area contributed by atoms with Crippen LogP contribution in [0.2, 0.25) is 0 Å². The van der Waals surface area contributed by atoms with Gasteiger partial charge in [0.1, 0.15) is 0 Å². The molecular formula is C16H33N3. The molecular weight excluding hydrogens is 234 g/mol. The van der Waals surface area contributed by atoms with Crippen LogP contribution in [0.1, 0.15) is 40.5 Å². The third kappa shape index (κ3) is 3.71. The Hall–Kier alpha value is -0.120. The van der Waals surface area contributed by atoms with Crippen LogP contribution in [0.25, 0.3) is 0 Å². The van der Waals surface area contributed by atoms with Crippen LogP contribution >= 0.6 is 0 Å². The van der Waals surface area contributed by atoms with E-state index in [9.17, 15) is 0 Å². The number of nitrogens with zero attached hydrogens (tertiary/aromatic N) is 2. The Bertz CT molecular complexity index is 288. The molecule has 1 saturated carbocycles. The average molecular weight is 267 g/mol. The van der Waals surface area contributed by atoms with Crippen LogP contribution in [-0.4, -0.2) is 61.2 Å². The van der Waals surface area contributed by atoms with E-state index in [1.807, 2.05) is 0 Å². The molecule has 0 aromatic heterocycles.